The van der Waals surface area contributed by atoms with Crippen LogP contribution in [0.25, 0.3) is 10.9 Å². The van der Waals surface area contributed by atoms with E-state index < -0.39 is 17.8 Å². The number of hydrogen-bond donors (Lipinski definition) is 2. The molecule has 2 atom stereocenters. The van der Waals surface area contributed by atoms with Gasteiger partial charge >= 0.3 is 6.18 Å². The Morgan fingerprint density at radius 1 is 1.14 bits per heavy atom. The van der Waals surface area contributed by atoms with Crippen LogP contribution >= 0.6 is 0 Å². The molecule has 1 aromatic carbocycles. The van der Waals surface area contributed by atoms with Gasteiger partial charge in [0.1, 0.15) is 24.1 Å². The maximum absolute atomic E-state index is 13.3. The Hall–Kier alpha value is -3.34. The molecule has 1 saturated carbocycles. The van der Waals surface area contributed by atoms with Crippen molar-refractivity contribution in [3.05, 3.63) is 41.3 Å². The number of nitrogens with zero attached hydrogens (tertiary/aromatic N) is 4. The molecule has 1 spiro atoms. The number of nitrogens with one attached hydrogen (secondary N) is 1. The molecule has 1 saturated heterocycles. The van der Waals surface area contributed by atoms with Crippen molar-refractivity contribution in [2.45, 2.75) is 63.3 Å². The van der Waals surface area contributed by atoms with Crippen molar-refractivity contribution in [1.29, 1.82) is 0 Å². The van der Waals surface area contributed by atoms with Crippen LogP contribution in [0.2, 0.25) is 0 Å². The molecule has 8 nitrogen and oxygen atoms in total. The highest BCUT2D eigenvalue weighted by Gasteiger charge is 2.52. The highest BCUT2D eigenvalue weighted by Crippen LogP contribution is 2.51. The molecule has 2 aromatic heterocycles. The highest BCUT2D eigenvalue weighted by molar-refractivity contribution is 5.92. The van der Waals surface area contributed by atoms with E-state index in [9.17, 15) is 13.2 Å². The Morgan fingerprint density at radius 3 is 2.54 bits per heavy atom. The maximum atomic E-state index is 13.3. The van der Waals surface area contributed by atoms with Gasteiger partial charge in [-0.1, -0.05) is 0 Å². The number of hydrogen-bond acceptors (Lipinski definition) is 8. The molecule has 11 heteroatoms. The zero-order valence-corrected chi connectivity index (χ0v) is 21.3. The molecule has 1 aliphatic carbocycles. The number of aromatic nitrogens is 3. The molecule has 0 bridgehead atoms. The van der Waals surface area contributed by atoms with Crippen molar-refractivity contribution in [2.75, 3.05) is 31.8 Å². The number of alkyl halides is 3. The van der Waals surface area contributed by atoms with Crippen molar-refractivity contribution >= 4 is 22.5 Å². The standard InChI is InChI=1S/C26H31F3N6O2/c1-14(19-9-16(26(27,28)29)10-23(30)34-19)31-24-18-11-22(21(36-4)12-20(18)32-15(2)33-24)37-13-17-5-6-25(7-8-25)35(17)3/h9-12,14,17H,5-8,13H2,1-4H3,(H2,30,34)(H,31,32,33)/t14-,17+/m1/s1. The monoisotopic (exact) mass is 516 g/mol. The summed E-state index contributed by atoms with van der Waals surface area (Å²) in [6, 6.07) is 5.13. The van der Waals surface area contributed by atoms with Crippen molar-refractivity contribution < 1.29 is 22.6 Å². The average Bonchev–Trinajstić information content (AvgIpc) is 3.56. The van der Waals surface area contributed by atoms with E-state index in [1.54, 1.807) is 27.0 Å². The van der Waals surface area contributed by atoms with Gasteiger partial charge in [-0.3, -0.25) is 4.90 Å². The summed E-state index contributed by atoms with van der Waals surface area (Å²) in [6.07, 6.45) is 0.246. The van der Waals surface area contributed by atoms with Crippen LogP contribution in [0.5, 0.6) is 11.5 Å². The van der Waals surface area contributed by atoms with Gasteiger partial charge in [0, 0.05) is 23.0 Å². The van der Waals surface area contributed by atoms with Crippen LogP contribution in [0.15, 0.2) is 24.3 Å². The third kappa shape index (κ3) is 4.96. The van der Waals surface area contributed by atoms with Crippen LogP contribution < -0.4 is 20.5 Å². The second-order valence-electron chi connectivity index (χ2n) is 10.0. The molecule has 1 aliphatic heterocycles. The van der Waals surface area contributed by atoms with E-state index in [0.717, 1.165) is 18.6 Å². The van der Waals surface area contributed by atoms with Crippen LogP contribution in [-0.2, 0) is 6.18 Å². The Morgan fingerprint density at radius 2 is 1.89 bits per heavy atom. The van der Waals surface area contributed by atoms with Gasteiger partial charge in [-0.2, -0.15) is 13.2 Å². The molecule has 5 rings (SSSR count). The van der Waals surface area contributed by atoms with Crippen molar-refractivity contribution in [3.8, 4) is 11.5 Å². The number of aryl methyl sites for hydroxylation is 1. The van der Waals surface area contributed by atoms with Gasteiger partial charge in [-0.25, -0.2) is 15.0 Å². The van der Waals surface area contributed by atoms with Gasteiger partial charge in [-0.05, 0) is 64.8 Å². The minimum atomic E-state index is -4.53. The quantitative estimate of drug-likeness (QED) is 0.447. The van der Waals surface area contributed by atoms with Crippen LogP contribution in [-0.4, -0.2) is 52.2 Å². The normalized spacial score (nSPS) is 19.8. The zero-order chi connectivity index (χ0) is 26.5. The second-order valence-corrected chi connectivity index (χ2v) is 10.0. The van der Waals surface area contributed by atoms with Gasteiger partial charge in [0.2, 0.25) is 0 Å². The number of halogens is 3. The first-order chi connectivity index (χ1) is 17.5. The topological polar surface area (TPSA) is 98.4 Å². The van der Waals surface area contributed by atoms with Gasteiger partial charge < -0.3 is 20.5 Å². The molecule has 0 amide bonds. The fourth-order valence-electron chi connectivity index (χ4n) is 5.19. The summed E-state index contributed by atoms with van der Waals surface area (Å²) >= 11 is 0. The number of ether oxygens (including phenoxy) is 2. The Balaban J connectivity index is 1.44. The summed E-state index contributed by atoms with van der Waals surface area (Å²) in [5.74, 6) is 1.86. The van der Waals surface area contributed by atoms with E-state index in [1.165, 1.54) is 19.3 Å². The largest absolute Gasteiger partial charge is 0.493 e. The third-order valence-corrected chi connectivity index (χ3v) is 7.58. The smallest absolute Gasteiger partial charge is 0.416 e. The number of likely N-dealkylation sites (N-methyl/N-ethyl adjacent to an activating group) is 1. The minimum absolute atomic E-state index is 0.153. The molecular formula is C26H31F3N6O2. The average molecular weight is 517 g/mol. The van der Waals surface area contributed by atoms with Gasteiger partial charge in [0.05, 0.1) is 29.9 Å². The molecule has 198 valence electrons. The maximum Gasteiger partial charge on any atom is 0.416 e. The summed E-state index contributed by atoms with van der Waals surface area (Å²) in [6.45, 7) is 3.98. The lowest BCUT2D eigenvalue weighted by molar-refractivity contribution is -0.137. The van der Waals surface area contributed by atoms with Crippen LogP contribution in [0.4, 0.5) is 24.8 Å². The number of pyridine rings is 1. The van der Waals surface area contributed by atoms with E-state index in [0.29, 0.717) is 52.2 Å². The number of fused-ring (bicyclic) bond motifs is 1. The first kappa shape index (κ1) is 25.3. The molecule has 0 unspecified atom stereocenters. The number of rotatable bonds is 7. The van der Waals surface area contributed by atoms with Crippen LogP contribution in [0.3, 0.4) is 0 Å². The first-order valence-corrected chi connectivity index (χ1v) is 12.3. The summed E-state index contributed by atoms with van der Waals surface area (Å²) in [7, 11) is 3.74. The predicted molar refractivity (Wildman–Crippen MR) is 135 cm³/mol. The van der Waals surface area contributed by atoms with E-state index in [1.807, 2.05) is 6.07 Å². The van der Waals surface area contributed by atoms with E-state index in [2.05, 4.69) is 32.2 Å². The fraction of sp³-hybridized carbons (Fsp3) is 0.500. The van der Waals surface area contributed by atoms with E-state index in [4.69, 9.17) is 15.2 Å². The van der Waals surface area contributed by atoms with Gasteiger partial charge in [0.15, 0.2) is 11.5 Å². The van der Waals surface area contributed by atoms with Crippen LogP contribution in [0.1, 0.15) is 55.7 Å². The van der Waals surface area contributed by atoms with Crippen molar-refractivity contribution in [3.63, 3.8) is 0 Å². The predicted octanol–water partition coefficient (Wildman–Crippen LogP) is 5.12. The molecule has 37 heavy (non-hydrogen) atoms. The summed E-state index contributed by atoms with van der Waals surface area (Å²) in [5, 5.41) is 3.85. The number of nitrogens with two attached hydrogens (primary N) is 1. The number of anilines is 2. The Kier molecular flexibility index (Phi) is 6.29. The summed E-state index contributed by atoms with van der Waals surface area (Å²) in [4.78, 5) is 15.6. The summed E-state index contributed by atoms with van der Waals surface area (Å²) in [5.41, 5.74) is 5.96. The van der Waals surface area contributed by atoms with Crippen molar-refractivity contribution in [2.24, 2.45) is 0 Å². The SMILES string of the molecule is COc1cc2nc(C)nc(N[C@H](C)c3cc(C(F)(F)F)cc(N)n3)c2cc1OC[C@@H]1CCC2(CC2)N1C. The number of methoxy groups -OCH3 is 1. The molecule has 2 aliphatic rings. The Bertz CT molecular complexity index is 1330. The molecule has 3 aromatic rings. The van der Waals surface area contributed by atoms with Gasteiger partial charge in [-0.15, -0.1) is 0 Å². The molecule has 0 radical (unpaired) electrons. The number of nitrogen functional groups attached to an aromatic ring is 1. The van der Waals surface area contributed by atoms with E-state index >= 15 is 0 Å². The zero-order valence-electron chi connectivity index (χ0n) is 21.3. The summed E-state index contributed by atoms with van der Waals surface area (Å²) < 4.78 is 51.8. The first-order valence-electron chi connectivity index (χ1n) is 12.3. The highest BCUT2D eigenvalue weighted by atomic mass is 19.4. The minimum Gasteiger partial charge on any atom is -0.493 e. The number of benzene rings is 1. The molecule has 3 N–H and O–H groups in total. The fourth-order valence-corrected chi connectivity index (χ4v) is 5.19. The lowest BCUT2D eigenvalue weighted by Crippen LogP contribution is -2.37. The molecule has 2 fully saturated rings. The van der Waals surface area contributed by atoms with Crippen molar-refractivity contribution in [1.82, 2.24) is 19.9 Å². The lowest BCUT2D eigenvalue weighted by Gasteiger charge is -2.26. The Labute approximate surface area is 213 Å². The number of likely N-dealkylation sites (tertiary alicyclic amines) is 1. The van der Waals surface area contributed by atoms with E-state index in [-0.39, 0.29) is 11.5 Å². The van der Waals surface area contributed by atoms with Crippen LogP contribution in [0, 0.1) is 6.92 Å². The van der Waals surface area contributed by atoms with Gasteiger partial charge in [0.25, 0.3) is 0 Å². The lowest BCUT2D eigenvalue weighted by atomic mass is 10.1. The second kappa shape index (κ2) is 9.20. The molecule has 3 heterocycles. The third-order valence-electron chi connectivity index (χ3n) is 7.58. The molecular weight excluding hydrogens is 485 g/mol.